The van der Waals surface area contributed by atoms with Crippen LogP contribution in [0.25, 0.3) is 0 Å². The van der Waals surface area contributed by atoms with Gasteiger partial charge in [0, 0.05) is 42.0 Å². The van der Waals surface area contributed by atoms with E-state index in [1.807, 2.05) is 0 Å². The summed E-state index contributed by atoms with van der Waals surface area (Å²) in [6.07, 6.45) is -5.27. The van der Waals surface area contributed by atoms with Crippen LogP contribution in [0.1, 0.15) is 68.8 Å². The van der Waals surface area contributed by atoms with Crippen LogP contribution in [0.5, 0.6) is 17.2 Å². The zero-order valence-electron chi connectivity index (χ0n) is 20.2. The van der Waals surface area contributed by atoms with E-state index in [0.717, 1.165) is 0 Å². The van der Waals surface area contributed by atoms with Crippen molar-refractivity contribution in [1.29, 1.82) is 0 Å². The summed E-state index contributed by atoms with van der Waals surface area (Å²) in [5.41, 5.74) is 1.70. The number of carbonyl (C=O) groups is 3. The fraction of sp³-hybridized carbons (Fsp3) is 0.423. The molecule has 5 rings (SSSR count). The molecule has 2 aromatic carbocycles. The molecule has 0 saturated carbocycles. The van der Waals surface area contributed by atoms with Gasteiger partial charge in [0.25, 0.3) is 0 Å². The van der Waals surface area contributed by atoms with Crippen molar-refractivity contribution in [3.63, 3.8) is 0 Å². The number of rotatable bonds is 4. The van der Waals surface area contributed by atoms with Crippen molar-refractivity contribution in [2.45, 2.75) is 62.4 Å². The first-order valence-corrected chi connectivity index (χ1v) is 12.0. The predicted molar refractivity (Wildman–Crippen MR) is 127 cm³/mol. The lowest BCUT2D eigenvalue weighted by Crippen LogP contribution is -2.53. The fourth-order valence-corrected chi connectivity index (χ4v) is 5.59. The van der Waals surface area contributed by atoms with Gasteiger partial charge in [-0.1, -0.05) is 12.1 Å². The zero-order valence-corrected chi connectivity index (χ0v) is 20.2. The number of aromatic hydroxyl groups is 3. The van der Waals surface area contributed by atoms with Crippen LogP contribution in [-0.4, -0.2) is 84.7 Å². The maximum Gasteiger partial charge on any atom is 0.202 e. The average molecular weight is 529 g/mol. The normalized spacial score (nSPS) is 30.4. The van der Waals surface area contributed by atoms with Gasteiger partial charge >= 0.3 is 0 Å². The Kier molecular flexibility index (Phi) is 6.29. The molecule has 0 aromatic heterocycles. The molecule has 1 aliphatic heterocycles. The number of aliphatic hydroxyl groups excluding tert-OH is 2. The Hall–Kier alpha value is -3.39. The minimum atomic E-state index is -2.26. The number of phenolic OH excluding ortho intramolecular Hbond substituents is 3. The molecule has 6 atom stereocenters. The van der Waals surface area contributed by atoms with E-state index in [9.17, 15) is 45.0 Å². The van der Waals surface area contributed by atoms with E-state index in [0.29, 0.717) is 0 Å². The molecule has 1 fully saturated rings. The van der Waals surface area contributed by atoms with Gasteiger partial charge in [-0.2, -0.15) is 0 Å². The number of Topliss-reactive ketones (excluding diaryl/α,β-unsaturated/α-hetero) is 1. The Labute approximate surface area is 215 Å². The van der Waals surface area contributed by atoms with E-state index in [-0.39, 0.29) is 28.7 Å². The second-order valence-corrected chi connectivity index (χ2v) is 9.98. The van der Waals surface area contributed by atoms with Crippen LogP contribution in [0.4, 0.5) is 0 Å². The predicted octanol–water partition coefficient (Wildman–Crippen LogP) is -0.302. The summed E-state index contributed by atoms with van der Waals surface area (Å²) < 4.78 is 11.7. The summed E-state index contributed by atoms with van der Waals surface area (Å²) in [4.78, 5) is 39.3. The number of phenols is 3. The van der Waals surface area contributed by atoms with Gasteiger partial charge in [0.05, 0.1) is 35.0 Å². The van der Waals surface area contributed by atoms with Crippen molar-refractivity contribution in [3.05, 3.63) is 51.6 Å². The molecular weight excluding hydrogens is 502 g/mol. The van der Waals surface area contributed by atoms with E-state index >= 15 is 0 Å². The number of ether oxygens (including phenoxy) is 2. The molecule has 0 amide bonds. The van der Waals surface area contributed by atoms with Gasteiger partial charge in [0.15, 0.2) is 17.9 Å². The number of carbonyl (C=O) groups excluding carboxylic acids is 3. The van der Waals surface area contributed by atoms with Crippen LogP contribution in [-0.2, 0) is 20.7 Å². The van der Waals surface area contributed by atoms with Crippen LogP contribution in [0, 0.1) is 0 Å². The molecule has 4 unspecified atom stereocenters. The first kappa shape index (κ1) is 26.2. The van der Waals surface area contributed by atoms with E-state index in [4.69, 9.17) is 15.2 Å². The van der Waals surface area contributed by atoms with E-state index in [2.05, 4.69) is 0 Å². The summed E-state index contributed by atoms with van der Waals surface area (Å²) in [6, 6.07) is 3.09. The molecule has 12 nitrogen and oxygen atoms in total. The second kappa shape index (κ2) is 9.12. The topological polar surface area (TPSA) is 217 Å². The number of aliphatic hydroxyl groups is 3. The molecule has 1 heterocycles. The smallest absolute Gasteiger partial charge is 0.202 e. The molecule has 3 aliphatic rings. The van der Waals surface area contributed by atoms with Gasteiger partial charge in [-0.25, -0.2) is 0 Å². The summed E-state index contributed by atoms with van der Waals surface area (Å²) in [5, 5.41) is 63.7. The number of hydrogen-bond donors (Lipinski definition) is 7. The molecule has 38 heavy (non-hydrogen) atoms. The first-order chi connectivity index (χ1) is 17.9. The second-order valence-electron chi connectivity index (χ2n) is 9.98. The van der Waals surface area contributed by atoms with Crippen molar-refractivity contribution >= 4 is 17.3 Å². The average Bonchev–Trinajstić information content (AvgIpc) is 2.86. The van der Waals surface area contributed by atoms with E-state index in [1.54, 1.807) is 6.92 Å². The first-order valence-electron chi connectivity index (χ1n) is 12.0. The largest absolute Gasteiger partial charge is 0.507 e. The number of fused-ring (bicyclic) bond motifs is 3. The monoisotopic (exact) mass is 529 g/mol. The third kappa shape index (κ3) is 3.80. The third-order valence-corrected chi connectivity index (χ3v) is 7.60. The molecule has 0 spiro atoms. The Morgan fingerprint density at radius 2 is 1.82 bits per heavy atom. The van der Waals surface area contributed by atoms with Crippen LogP contribution in [0.2, 0.25) is 0 Å². The van der Waals surface area contributed by atoms with Gasteiger partial charge in [-0.15, -0.1) is 0 Å². The minimum absolute atomic E-state index is 0.0000635. The number of ketones is 3. The highest BCUT2D eigenvalue weighted by Gasteiger charge is 2.50. The number of nitrogens with two attached hydrogens (primary N) is 1. The van der Waals surface area contributed by atoms with Crippen LogP contribution in [0.3, 0.4) is 0 Å². The Bertz CT molecular complexity index is 1360. The van der Waals surface area contributed by atoms with Crippen molar-refractivity contribution in [2.75, 3.05) is 6.61 Å². The molecule has 1 saturated heterocycles. The Morgan fingerprint density at radius 3 is 2.47 bits per heavy atom. The minimum Gasteiger partial charge on any atom is -0.507 e. The number of hydrogen-bond acceptors (Lipinski definition) is 12. The lowest BCUT2D eigenvalue weighted by atomic mass is 9.72. The van der Waals surface area contributed by atoms with E-state index < -0.39 is 101 Å². The quantitative estimate of drug-likeness (QED) is 0.217. The summed E-state index contributed by atoms with van der Waals surface area (Å²) >= 11 is 0. The summed E-state index contributed by atoms with van der Waals surface area (Å²) in [6.45, 7) is 0.530. The van der Waals surface area contributed by atoms with Crippen molar-refractivity contribution < 1.29 is 54.5 Å². The zero-order chi connectivity index (χ0) is 27.7. The highest BCUT2D eigenvalue weighted by Crippen LogP contribution is 2.52. The molecule has 2 aliphatic carbocycles. The summed E-state index contributed by atoms with van der Waals surface area (Å²) in [7, 11) is 0. The van der Waals surface area contributed by atoms with Gasteiger partial charge in [-0.3, -0.25) is 14.4 Å². The Balaban J connectivity index is 1.68. The van der Waals surface area contributed by atoms with Gasteiger partial charge < -0.3 is 45.8 Å². The van der Waals surface area contributed by atoms with Gasteiger partial charge in [0.2, 0.25) is 5.78 Å². The molecule has 2 aromatic rings. The van der Waals surface area contributed by atoms with Crippen LogP contribution >= 0.6 is 0 Å². The van der Waals surface area contributed by atoms with Crippen molar-refractivity contribution in [1.82, 2.24) is 0 Å². The molecule has 12 heteroatoms. The lowest BCUT2D eigenvalue weighted by Gasteiger charge is -2.42. The molecular formula is C26H27NO11. The molecule has 8 N–H and O–H groups in total. The highest BCUT2D eigenvalue weighted by atomic mass is 16.7. The number of benzene rings is 2. The van der Waals surface area contributed by atoms with Crippen LogP contribution in [0.15, 0.2) is 18.2 Å². The van der Waals surface area contributed by atoms with Crippen LogP contribution < -0.4 is 5.73 Å². The maximum absolute atomic E-state index is 13.4. The highest BCUT2D eigenvalue weighted by molar-refractivity contribution is 6.31. The van der Waals surface area contributed by atoms with Gasteiger partial charge in [0.1, 0.15) is 29.5 Å². The fourth-order valence-electron chi connectivity index (χ4n) is 5.59. The SMILES string of the molecule is CC1OC(O[C@H]2C[C@](O)(C(=O)CO)Cc3c(O)c4c(c(O)c32)C(=O)c2c(O)cccc2C4=O)CC(N)C1O. The summed E-state index contributed by atoms with van der Waals surface area (Å²) in [5.74, 6) is -4.72. The maximum atomic E-state index is 13.4. The van der Waals surface area contributed by atoms with Crippen molar-refractivity contribution in [2.24, 2.45) is 5.73 Å². The Morgan fingerprint density at radius 1 is 1.13 bits per heavy atom. The van der Waals surface area contributed by atoms with E-state index in [1.165, 1.54) is 18.2 Å². The van der Waals surface area contributed by atoms with Gasteiger partial charge in [-0.05, 0) is 13.0 Å². The third-order valence-electron chi connectivity index (χ3n) is 7.60. The standard InChI is InChI=1S/C26H27NO11/c1-9-21(31)12(27)5-16(37-9)38-14-7-26(36,15(30)8-28)6-11-18(14)25(35)20-19(23(11)33)22(32)10-3-2-4-13(29)17(10)24(20)34/h2-4,9,12,14,16,21,28-29,31,33,35-36H,5-8,27H2,1H3/t9?,12?,14-,16?,21?,26-/m0/s1. The molecule has 202 valence electrons. The van der Waals surface area contributed by atoms with Crippen molar-refractivity contribution in [3.8, 4) is 17.2 Å². The molecule has 0 radical (unpaired) electrons. The lowest BCUT2D eigenvalue weighted by molar-refractivity contribution is -0.247. The molecule has 0 bridgehead atoms.